The standard InChI is InChI=1S/C22H40N4O/c1-4-23-21(24-16-13-17-9-8-10-18(14-16)26(17)3)25-19-15-20(27-5-2)22(19)11-6-7-12-22/h16-20H,4-15H2,1-3H3,(H2,23,24,25). The van der Waals surface area contributed by atoms with Crippen molar-refractivity contribution in [3.05, 3.63) is 0 Å². The van der Waals surface area contributed by atoms with Gasteiger partial charge >= 0.3 is 0 Å². The van der Waals surface area contributed by atoms with E-state index >= 15 is 0 Å². The van der Waals surface area contributed by atoms with Gasteiger partial charge in [0.1, 0.15) is 0 Å². The van der Waals surface area contributed by atoms with Crippen LogP contribution in [-0.2, 0) is 4.74 Å². The molecule has 2 aliphatic carbocycles. The van der Waals surface area contributed by atoms with Gasteiger partial charge in [-0.15, -0.1) is 0 Å². The Morgan fingerprint density at radius 2 is 1.74 bits per heavy atom. The largest absolute Gasteiger partial charge is 0.378 e. The van der Waals surface area contributed by atoms with Gasteiger partial charge in [-0.25, -0.2) is 0 Å². The van der Waals surface area contributed by atoms with Crippen molar-refractivity contribution in [2.24, 2.45) is 10.4 Å². The molecule has 4 rings (SSSR count). The Morgan fingerprint density at radius 1 is 1.04 bits per heavy atom. The van der Waals surface area contributed by atoms with Gasteiger partial charge in [0.05, 0.1) is 6.10 Å². The van der Waals surface area contributed by atoms with Gasteiger partial charge in [0, 0.05) is 42.7 Å². The summed E-state index contributed by atoms with van der Waals surface area (Å²) in [6.45, 7) is 5.95. The highest BCUT2D eigenvalue weighted by molar-refractivity contribution is 5.80. The van der Waals surface area contributed by atoms with E-state index in [1.165, 1.54) is 57.8 Å². The maximum absolute atomic E-state index is 6.09. The Labute approximate surface area is 165 Å². The summed E-state index contributed by atoms with van der Waals surface area (Å²) < 4.78 is 6.09. The minimum Gasteiger partial charge on any atom is -0.378 e. The second kappa shape index (κ2) is 8.28. The maximum atomic E-state index is 6.09. The monoisotopic (exact) mass is 376 g/mol. The number of ether oxygens (including phenoxy) is 1. The minimum atomic E-state index is 0.357. The highest BCUT2D eigenvalue weighted by Gasteiger charge is 2.57. The molecule has 0 amide bonds. The first kappa shape index (κ1) is 19.5. The van der Waals surface area contributed by atoms with Gasteiger partial charge in [-0.3, -0.25) is 4.99 Å². The lowest BCUT2D eigenvalue weighted by Crippen LogP contribution is -2.66. The van der Waals surface area contributed by atoms with E-state index in [4.69, 9.17) is 9.73 Å². The van der Waals surface area contributed by atoms with Crippen LogP contribution in [0.5, 0.6) is 0 Å². The van der Waals surface area contributed by atoms with Crippen LogP contribution in [-0.4, -0.2) is 61.3 Å². The molecule has 27 heavy (non-hydrogen) atoms. The van der Waals surface area contributed by atoms with Gasteiger partial charge in [-0.05, 0) is 65.8 Å². The quantitative estimate of drug-likeness (QED) is 0.571. The molecule has 4 fully saturated rings. The van der Waals surface area contributed by atoms with E-state index in [2.05, 4.69) is 36.4 Å². The van der Waals surface area contributed by atoms with Gasteiger partial charge in [-0.2, -0.15) is 0 Å². The van der Waals surface area contributed by atoms with Crippen molar-refractivity contribution in [3.8, 4) is 0 Å². The van der Waals surface area contributed by atoms with E-state index in [1.54, 1.807) is 0 Å². The predicted octanol–water partition coefficient (Wildman–Crippen LogP) is 3.29. The molecule has 0 aromatic carbocycles. The van der Waals surface area contributed by atoms with E-state index in [-0.39, 0.29) is 0 Å². The summed E-state index contributed by atoms with van der Waals surface area (Å²) in [7, 11) is 2.33. The molecular weight excluding hydrogens is 336 g/mol. The van der Waals surface area contributed by atoms with Crippen LogP contribution in [0.15, 0.2) is 4.99 Å². The SMILES string of the molecule is CCN=C(NC1CC2CCCC(C1)N2C)NC1CC(OCC)C12CCCC2. The van der Waals surface area contributed by atoms with E-state index in [0.29, 0.717) is 23.6 Å². The van der Waals surface area contributed by atoms with Crippen molar-refractivity contribution in [3.63, 3.8) is 0 Å². The van der Waals surface area contributed by atoms with Crippen LogP contribution in [0.1, 0.15) is 78.1 Å². The van der Waals surface area contributed by atoms with Crippen molar-refractivity contribution in [1.29, 1.82) is 0 Å². The van der Waals surface area contributed by atoms with Gasteiger partial charge in [0.15, 0.2) is 5.96 Å². The van der Waals surface area contributed by atoms with E-state index in [9.17, 15) is 0 Å². The Morgan fingerprint density at radius 3 is 2.37 bits per heavy atom. The Kier molecular flexibility index (Phi) is 5.98. The molecule has 2 bridgehead atoms. The van der Waals surface area contributed by atoms with Crippen molar-refractivity contribution in [2.75, 3.05) is 20.2 Å². The second-order valence-corrected chi connectivity index (χ2v) is 9.36. The van der Waals surface area contributed by atoms with Crippen molar-refractivity contribution < 1.29 is 4.74 Å². The molecule has 5 heteroatoms. The average Bonchev–Trinajstić information content (AvgIpc) is 3.15. The molecule has 2 N–H and O–H groups in total. The van der Waals surface area contributed by atoms with E-state index in [1.807, 2.05) is 0 Å². The second-order valence-electron chi connectivity index (χ2n) is 9.36. The van der Waals surface area contributed by atoms with Crippen molar-refractivity contribution >= 4 is 5.96 Å². The molecule has 2 saturated heterocycles. The zero-order valence-corrected chi connectivity index (χ0v) is 17.7. The van der Waals surface area contributed by atoms with Gasteiger partial charge in [0.25, 0.3) is 0 Å². The summed E-state index contributed by atoms with van der Waals surface area (Å²) in [5.74, 6) is 1.05. The number of hydrogen-bond acceptors (Lipinski definition) is 3. The number of hydrogen-bond donors (Lipinski definition) is 2. The minimum absolute atomic E-state index is 0.357. The average molecular weight is 377 g/mol. The smallest absolute Gasteiger partial charge is 0.191 e. The third kappa shape index (κ3) is 3.74. The Hall–Kier alpha value is -0.810. The number of nitrogens with zero attached hydrogens (tertiary/aromatic N) is 2. The van der Waals surface area contributed by atoms with Crippen LogP contribution in [0.3, 0.4) is 0 Å². The first-order chi connectivity index (χ1) is 13.2. The van der Waals surface area contributed by atoms with Crippen molar-refractivity contribution in [2.45, 2.75) is 108 Å². The molecule has 2 saturated carbocycles. The molecule has 5 nitrogen and oxygen atoms in total. The number of guanidine groups is 1. The molecule has 1 spiro atoms. The third-order valence-electron chi connectivity index (χ3n) is 8.00. The summed E-state index contributed by atoms with van der Waals surface area (Å²) >= 11 is 0. The third-order valence-corrected chi connectivity index (χ3v) is 8.00. The van der Waals surface area contributed by atoms with Gasteiger partial charge < -0.3 is 20.3 Å². The Bertz CT molecular complexity index is 516. The summed E-state index contributed by atoms with van der Waals surface area (Å²) in [4.78, 5) is 7.46. The highest BCUT2D eigenvalue weighted by Crippen LogP contribution is 2.54. The summed E-state index contributed by atoms with van der Waals surface area (Å²) in [6, 6.07) is 2.60. The van der Waals surface area contributed by atoms with Crippen LogP contribution in [0.4, 0.5) is 0 Å². The zero-order valence-electron chi connectivity index (χ0n) is 17.7. The lowest BCUT2D eigenvalue weighted by Gasteiger charge is -2.54. The molecule has 2 heterocycles. The van der Waals surface area contributed by atoms with E-state index < -0.39 is 0 Å². The van der Waals surface area contributed by atoms with Crippen LogP contribution < -0.4 is 10.6 Å². The Balaban J connectivity index is 1.38. The number of rotatable bonds is 5. The van der Waals surface area contributed by atoms with Crippen LogP contribution in [0.2, 0.25) is 0 Å². The zero-order chi connectivity index (χ0) is 18.9. The highest BCUT2D eigenvalue weighted by atomic mass is 16.5. The van der Waals surface area contributed by atoms with Crippen LogP contribution >= 0.6 is 0 Å². The van der Waals surface area contributed by atoms with Gasteiger partial charge in [0.2, 0.25) is 0 Å². The lowest BCUT2D eigenvalue weighted by atomic mass is 9.60. The van der Waals surface area contributed by atoms with E-state index in [0.717, 1.165) is 37.6 Å². The fourth-order valence-corrected chi connectivity index (χ4v) is 6.47. The fourth-order valence-electron chi connectivity index (χ4n) is 6.47. The first-order valence-corrected chi connectivity index (χ1v) is 11.6. The summed E-state index contributed by atoms with van der Waals surface area (Å²) in [5, 5.41) is 7.67. The molecular formula is C22H40N4O. The summed E-state index contributed by atoms with van der Waals surface area (Å²) in [6.07, 6.45) is 13.6. The first-order valence-electron chi connectivity index (χ1n) is 11.6. The maximum Gasteiger partial charge on any atom is 0.191 e. The molecule has 154 valence electrons. The molecule has 2 aliphatic heterocycles. The molecule has 4 unspecified atom stereocenters. The summed E-state index contributed by atoms with van der Waals surface area (Å²) in [5.41, 5.74) is 0.357. The lowest BCUT2D eigenvalue weighted by molar-refractivity contribution is -0.125. The molecule has 0 aromatic heterocycles. The van der Waals surface area contributed by atoms with Crippen molar-refractivity contribution in [1.82, 2.24) is 15.5 Å². The number of piperidine rings is 2. The van der Waals surface area contributed by atoms with Gasteiger partial charge in [-0.1, -0.05) is 19.3 Å². The molecule has 4 aliphatic rings. The topological polar surface area (TPSA) is 48.9 Å². The van der Waals surface area contributed by atoms with Crippen LogP contribution in [0.25, 0.3) is 0 Å². The number of fused-ring (bicyclic) bond motifs is 2. The molecule has 4 atom stereocenters. The number of aliphatic imine (C=N–C) groups is 1. The molecule has 0 radical (unpaired) electrons. The normalized spacial score (nSPS) is 38.6. The predicted molar refractivity (Wildman–Crippen MR) is 111 cm³/mol. The molecule has 0 aromatic rings. The number of nitrogens with one attached hydrogen (secondary N) is 2. The van der Waals surface area contributed by atoms with Crippen LogP contribution in [0, 0.1) is 5.41 Å². The fraction of sp³-hybridized carbons (Fsp3) is 0.955.